The highest BCUT2D eigenvalue weighted by Gasteiger charge is 2.29. The van der Waals surface area contributed by atoms with E-state index in [9.17, 15) is 0 Å². The van der Waals surface area contributed by atoms with Crippen molar-refractivity contribution in [2.75, 3.05) is 20.1 Å². The van der Waals surface area contributed by atoms with Gasteiger partial charge in [0.2, 0.25) is 0 Å². The lowest BCUT2D eigenvalue weighted by atomic mass is 9.81. The van der Waals surface area contributed by atoms with Gasteiger partial charge in [-0.25, -0.2) is 4.98 Å². The van der Waals surface area contributed by atoms with Crippen molar-refractivity contribution in [1.29, 1.82) is 0 Å². The van der Waals surface area contributed by atoms with E-state index in [1.165, 1.54) is 12.8 Å². The Hall–Kier alpha value is -0.870. The number of hydrogen-bond acceptors (Lipinski definition) is 3. The lowest BCUT2D eigenvalue weighted by Gasteiger charge is -2.38. The van der Waals surface area contributed by atoms with Crippen molar-refractivity contribution < 1.29 is 0 Å². The molecule has 0 aliphatic rings. The summed E-state index contributed by atoms with van der Waals surface area (Å²) in [6.07, 6.45) is 6.27. The topological polar surface area (TPSA) is 33.1 Å². The van der Waals surface area contributed by atoms with Crippen molar-refractivity contribution in [1.82, 2.24) is 19.8 Å². The number of rotatable bonds is 8. The highest BCUT2D eigenvalue weighted by molar-refractivity contribution is 4.92. The summed E-state index contributed by atoms with van der Waals surface area (Å²) in [5.41, 5.74) is 0.501. The number of nitrogens with zero attached hydrogens (tertiary/aromatic N) is 3. The van der Waals surface area contributed by atoms with Gasteiger partial charge in [-0.2, -0.15) is 0 Å². The molecule has 0 spiro atoms. The van der Waals surface area contributed by atoms with Gasteiger partial charge in [-0.15, -0.1) is 0 Å². The number of hydrogen-bond donors (Lipinski definition) is 1. The first-order valence-electron chi connectivity index (χ1n) is 8.11. The summed E-state index contributed by atoms with van der Waals surface area (Å²) in [4.78, 5) is 6.83. The van der Waals surface area contributed by atoms with E-state index in [2.05, 4.69) is 68.5 Å². The molecule has 0 atom stereocenters. The van der Waals surface area contributed by atoms with Gasteiger partial charge in [-0.3, -0.25) is 4.90 Å². The van der Waals surface area contributed by atoms with Crippen LogP contribution in [-0.2, 0) is 13.6 Å². The summed E-state index contributed by atoms with van der Waals surface area (Å²) >= 11 is 0. The van der Waals surface area contributed by atoms with Crippen molar-refractivity contribution in [2.45, 2.75) is 59.5 Å². The minimum Gasteiger partial charge on any atom is -0.337 e. The fraction of sp³-hybridized carbons (Fsp3) is 0.824. The van der Waals surface area contributed by atoms with Crippen LogP contribution in [0.1, 0.15) is 53.3 Å². The molecule has 0 saturated heterocycles. The lowest BCUT2D eigenvalue weighted by Crippen LogP contribution is -2.47. The molecule has 1 aromatic rings. The molecular formula is C17H34N4. The highest BCUT2D eigenvalue weighted by Crippen LogP contribution is 2.27. The first-order chi connectivity index (χ1) is 9.71. The van der Waals surface area contributed by atoms with Crippen LogP contribution in [0.15, 0.2) is 12.4 Å². The molecule has 0 aromatic carbocycles. The van der Waals surface area contributed by atoms with Gasteiger partial charge in [0.25, 0.3) is 0 Å². The Kier molecular flexibility index (Phi) is 6.41. The monoisotopic (exact) mass is 294 g/mol. The molecule has 0 amide bonds. The van der Waals surface area contributed by atoms with E-state index >= 15 is 0 Å². The quantitative estimate of drug-likeness (QED) is 0.800. The Bertz CT molecular complexity index is 413. The minimum absolute atomic E-state index is 0.174. The molecule has 0 bridgehead atoms. The van der Waals surface area contributed by atoms with Crippen LogP contribution >= 0.6 is 0 Å². The second-order valence-corrected chi connectivity index (χ2v) is 7.44. The Morgan fingerprint density at radius 3 is 2.29 bits per heavy atom. The first-order valence-corrected chi connectivity index (χ1v) is 8.11. The maximum Gasteiger partial charge on any atom is 0.122 e. The second-order valence-electron chi connectivity index (χ2n) is 7.44. The van der Waals surface area contributed by atoms with Gasteiger partial charge < -0.3 is 9.88 Å². The third kappa shape index (κ3) is 5.79. The smallest absolute Gasteiger partial charge is 0.122 e. The van der Waals surface area contributed by atoms with Crippen molar-refractivity contribution in [3.63, 3.8) is 0 Å². The number of aryl methyl sites for hydroxylation is 1. The SMILES string of the molecule is CCC(CC)(CNC(C)(C)C)CN(C)Cc1nccn1C. The van der Waals surface area contributed by atoms with Crippen molar-refractivity contribution in [3.05, 3.63) is 18.2 Å². The molecule has 122 valence electrons. The first kappa shape index (κ1) is 18.2. The molecule has 0 aliphatic carbocycles. The third-order valence-electron chi connectivity index (χ3n) is 4.43. The molecule has 0 radical (unpaired) electrons. The molecule has 1 N–H and O–H groups in total. The van der Waals surface area contributed by atoms with Gasteiger partial charge in [-0.1, -0.05) is 13.8 Å². The lowest BCUT2D eigenvalue weighted by molar-refractivity contribution is 0.138. The van der Waals surface area contributed by atoms with E-state index in [4.69, 9.17) is 0 Å². The summed E-state index contributed by atoms with van der Waals surface area (Å²) in [5.74, 6) is 1.13. The van der Waals surface area contributed by atoms with Crippen LogP contribution in [0.4, 0.5) is 0 Å². The fourth-order valence-corrected chi connectivity index (χ4v) is 2.65. The molecule has 4 heteroatoms. The molecule has 21 heavy (non-hydrogen) atoms. The van der Waals surface area contributed by atoms with Crippen LogP contribution in [0.5, 0.6) is 0 Å². The normalized spacial score (nSPS) is 13.1. The van der Waals surface area contributed by atoms with Crippen molar-refractivity contribution in [3.8, 4) is 0 Å². The zero-order valence-electron chi connectivity index (χ0n) is 15.0. The molecule has 1 rings (SSSR count). The van der Waals surface area contributed by atoms with Gasteiger partial charge in [0.1, 0.15) is 5.82 Å². The van der Waals surface area contributed by atoms with Crippen LogP contribution in [0.25, 0.3) is 0 Å². The Morgan fingerprint density at radius 2 is 1.86 bits per heavy atom. The zero-order chi connectivity index (χ0) is 16.1. The van der Waals surface area contributed by atoms with Gasteiger partial charge in [-0.05, 0) is 46.1 Å². The largest absolute Gasteiger partial charge is 0.337 e. The van der Waals surface area contributed by atoms with Gasteiger partial charge in [0.15, 0.2) is 0 Å². The van der Waals surface area contributed by atoms with Crippen LogP contribution < -0.4 is 5.32 Å². The molecule has 0 unspecified atom stereocenters. The molecule has 0 saturated carbocycles. The summed E-state index contributed by atoms with van der Waals surface area (Å²) in [6.45, 7) is 14.4. The molecule has 1 aromatic heterocycles. The average molecular weight is 294 g/mol. The molecule has 0 fully saturated rings. The predicted octanol–water partition coefficient (Wildman–Crippen LogP) is 3.05. The zero-order valence-corrected chi connectivity index (χ0v) is 15.0. The maximum atomic E-state index is 4.43. The van der Waals surface area contributed by atoms with Gasteiger partial charge >= 0.3 is 0 Å². The van der Waals surface area contributed by atoms with Crippen LogP contribution in [0.2, 0.25) is 0 Å². The Labute approximate surface area is 130 Å². The second kappa shape index (κ2) is 7.41. The van der Waals surface area contributed by atoms with E-state index in [-0.39, 0.29) is 5.54 Å². The number of nitrogens with one attached hydrogen (secondary N) is 1. The van der Waals surface area contributed by atoms with Crippen LogP contribution in [-0.4, -0.2) is 40.1 Å². The fourth-order valence-electron chi connectivity index (χ4n) is 2.65. The highest BCUT2D eigenvalue weighted by atomic mass is 15.2. The van der Waals surface area contributed by atoms with E-state index in [1.54, 1.807) is 0 Å². The van der Waals surface area contributed by atoms with Crippen molar-refractivity contribution >= 4 is 0 Å². The Morgan fingerprint density at radius 1 is 1.24 bits per heavy atom. The average Bonchev–Trinajstić information content (AvgIpc) is 2.79. The van der Waals surface area contributed by atoms with E-state index < -0.39 is 0 Å². The van der Waals surface area contributed by atoms with E-state index in [0.29, 0.717) is 5.41 Å². The molecule has 1 heterocycles. The van der Waals surface area contributed by atoms with Gasteiger partial charge in [0, 0.05) is 38.1 Å². The standard InChI is InChI=1S/C17H34N4/c1-8-17(9-2,13-19-16(3,4)5)14-20(6)12-15-18-10-11-21(15)7/h10-11,19H,8-9,12-14H2,1-7H3. The molecular weight excluding hydrogens is 260 g/mol. The Balaban J connectivity index is 2.66. The predicted molar refractivity (Wildman–Crippen MR) is 90.3 cm³/mol. The number of imidazole rings is 1. The summed E-state index contributed by atoms with van der Waals surface area (Å²) in [6, 6.07) is 0. The molecule has 4 nitrogen and oxygen atoms in total. The van der Waals surface area contributed by atoms with E-state index in [1.807, 2.05) is 12.4 Å². The summed E-state index contributed by atoms with van der Waals surface area (Å²) < 4.78 is 2.10. The molecule has 0 aliphatic heterocycles. The summed E-state index contributed by atoms with van der Waals surface area (Å²) in [7, 11) is 4.26. The van der Waals surface area contributed by atoms with E-state index in [0.717, 1.165) is 25.5 Å². The van der Waals surface area contributed by atoms with Crippen molar-refractivity contribution in [2.24, 2.45) is 12.5 Å². The van der Waals surface area contributed by atoms with Crippen LogP contribution in [0.3, 0.4) is 0 Å². The third-order valence-corrected chi connectivity index (χ3v) is 4.43. The minimum atomic E-state index is 0.174. The van der Waals surface area contributed by atoms with Gasteiger partial charge in [0.05, 0.1) is 6.54 Å². The summed E-state index contributed by atoms with van der Waals surface area (Å²) in [5, 5.41) is 3.69. The maximum absolute atomic E-state index is 4.43. The number of aromatic nitrogens is 2. The van der Waals surface area contributed by atoms with Crippen LogP contribution in [0, 0.1) is 5.41 Å².